The number of aliphatic hydroxyl groups excluding tert-OH is 1. The first-order chi connectivity index (χ1) is 10.7. The van der Waals surface area contributed by atoms with E-state index in [9.17, 15) is 5.11 Å². The Hall–Kier alpha value is -1.34. The maximum atomic E-state index is 10.4. The van der Waals surface area contributed by atoms with E-state index in [2.05, 4.69) is 4.90 Å². The van der Waals surface area contributed by atoms with Crippen LogP contribution in [0.2, 0.25) is 0 Å². The number of fused-ring (bicyclic) bond motifs is 1. The van der Waals surface area contributed by atoms with Crippen LogP contribution in [-0.4, -0.2) is 63.9 Å². The van der Waals surface area contributed by atoms with Gasteiger partial charge in [0.05, 0.1) is 19.3 Å². The first-order valence-corrected chi connectivity index (χ1v) is 7.52. The molecule has 0 aromatic heterocycles. The zero-order valence-electron chi connectivity index (χ0n) is 13.3. The summed E-state index contributed by atoms with van der Waals surface area (Å²) in [6.07, 6.45) is 0.120. The fourth-order valence-corrected chi connectivity index (χ4v) is 2.37. The Balaban J connectivity index is 1.85. The third-order valence-electron chi connectivity index (χ3n) is 3.72. The van der Waals surface area contributed by atoms with Gasteiger partial charge < -0.3 is 24.1 Å². The van der Waals surface area contributed by atoms with Crippen LogP contribution in [0.1, 0.15) is 18.1 Å². The molecule has 2 rings (SSSR count). The third kappa shape index (κ3) is 4.84. The van der Waals surface area contributed by atoms with Crippen LogP contribution in [0.25, 0.3) is 0 Å². The van der Waals surface area contributed by atoms with Crippen LogP contribution in [0, 0.1) is 0 Å². The van der Waals surface area contributed by atoms with Crippen molar-refractivity contribution in [2.75, 3.05) is 53.9 Å². The van der Waals surface area contributed by atoms with Crippen LogP contribution >= 0.6 is 0 Å². The molecule has 124 valence electrons. The third-order valence-corrected chi connectivity index (χ3v) is 3.72. The zero-order valence-corrected chi connectivity index (χ0v) is 13.3. The highest BCUT2D eigenvalue weighted by molar-refractivity contribution is 5.45. The largest absolute Gasteiger partial charge is 0.454 e. The summed E-state index contributed by atoms with van der Waals surface area (Å²) in [5.41, 5.74) is 0.850. The van der Waals surface area contributed by atoms with Gasteiger partial charge in [0, 0.05) is 33.9 Å². The first-order valence-electron chi connectivity index (χ1n) is 7.52. The quantitative estimate of drug-likeness (QED) is 0.705. The molecule has 0 spiro atoms. The number of rotatable bonds is 10. The molecule has 1 aromatic rings. The van der Waals surface area contributed by atoms with E-state index in [0.717, 1.165) is 30.9 Å². The predicted molar refractivity (Wildman–Crippen MR) is 82.3 cm³/mol. The summed E-state index contributed by atoms with van der Waals surface area (Å²) < 4.78 is 20.9. The van der Waals surface area contributed by atoms with E-state index in [1.807, 2.05) is 18.2 Å². The van der Waals surface area contributed by atoms with Crippen molar-refractivity contribution in [1.82, 2.24) is 4.90 Å². The highest BCUT2D eigenvalue weighted by Gasteiger charge is 2.17. The van der Waals surface area contributed by atoms with E-state index in [-0.39, 0.29) is 6.79 Å². The molecule has 1 N–H and O–H groups in total. The standard InChI is InChI=1S/C16H25NO5/c1-19-9-7-17(8-10-20-2)6-5-14(18)13-3-4-15-16(11-13)22-12-21-15/h3-4,11,14,18H,5-10,12H2,1-2H3. The lowest BCUT2D eigenvalue weighted by atomic mass is 10.1. The second-order valence-electron chi connectivity index (χ2n) is 5.24. The second-order valence-corrected chi connectivity index (χ2v) is 5.24. The van der Waals surface area contributed by atoms with Crippen molar-refractivity contribution in [3.63, 3.8) is 0 Å². The van der Waals surface area contributed by atoms with Crippen molar-refractivity contribution in [2.24, 2.45) is 0 Å². The number of methoxy groups -OCH3 is 2. The summed E-state index contributed by atoms with van der Waals surface area (Å²) in [7, 11) is 3.38. The number of nitrogens with zero attached hydrogens (tertiary/aromatic N) is 1. The molecule has 6 nitrogen and oxygen atoms in total. The Morgan fingerprint density at radius 3 is 2.45 bits per heavy atom. The average Bonchev–Trinajstić information content (AvgIpc) is 3.01. The van der Waals surface area contributed by atoms with E-state index in [1.54, 1.807) is 14.2 Å². The van der Waals surface area contributed by atoms with Gasteiger partial charge in [0.2, 0.25) is 6.79 Å². The minimum Gasteiger partial charge on any atom is -0.454 e. The Bertz CT molecular complexity index is 446. The number of hydrogen-bond acceptors (Lipinski definition) is 6. The van der Waals surface area contributed by atoms with Crippen LogP contribution in [-0.2, 0) is 9.47 Å². The van der Waals surface area contributed by atoms with Crippen LogP contribution in [0.5, 0.6) is 11.5 Å². The van der Waals surface area contributed by atoms with Gasteiger partial charge in [0.15, 0.2) is 11.5 Å². The predicted octanol–water partition coefficient (Wildman–Crippen LogP) is 1.43. The van der Waals surface area contributed by atoms with Crippen molar-refractivity contribution < 1.29 is 24.1 Å². The highest BCUT2D eigenvalue weighted by atomic mass is 16.7. The van der Waals surface area contributed by atoms with Gasteiger partial charge in [-0.3, -0.25) is 4.90 Å². The van der Waals surface area contributed by atoms with E-state index in [0.29, 0.717) is 25.4 Å². The number of benzene rings is 1. The molecule has 1 aromatic carbocycles. The lowest BCUT2D eigenvalue weighted by Gasteiger charge is -2.23. The molecule has 1 aliphatic heterocycles. The molecule has 0 bridgehead atoms. The van der Waals surface area contributed by atoms with Crippen molar-refractivity contribution >= 4 is 0 Å². The Morgan fingerprint density at radius 2 is 1.77 bits per heavy atom. The summed E-state index contributed by atoms with van der Waals surface area (Å²) in [5.74, 6) is 1.44. The van der Waals surface area contributed by atoms with E-state index in [4.69, 9.17) is 18.9 Å². The summed E-state index contributed by atoms with van der Waals surface area (Å²) in [4.78, 5) is 2.23. The number of ether oxygens (including phenoxy) is 4. The zero-order chi connectivity index (χ0) is 15.8. The molecule has 0 aliphatic carbocycles. The molecular weight excluding hydrogens is 286 g/mol. The molecule has 0 radical (unpaired) electrons. The lowest BCUT2D eigenvalue weighted by Crippen LogP contribution is -2.32. The second kappa shape index (κ2) is 8.95. The molecule has 0 amide bonds. The lowest BCUT2D eigenvalue weighted by molar-refractivity contribution is 0.0944. The summed E-state index contributed by atoms with van der Waals surface area (Å²) >= 11 is 0. The summed E-state index contributed by atoms with van der Waals surface area (Å²) in [5, 5.41) is 10.4. The minimum absolute atomic E-state index is 0.247. The normalized spacial score (nSPS) is 14.5. The van der Waals surface area contributed by atoms with E-state index >= 15 is 0 Å². The van der Waals surface area contributed by atoms with Gasteiger partial charge >= 0.3 is 0 Å². The Morgan fingerprint density at radius 1 is 1.09 bits per heavy atom. The molecule has 6 heteroatoms. The highest BCUT2D eigenvalue weighted by Crippen LogP contribution is 2.34. The summed E-state index contributed by atoms with van der Waals surface area (Å²) in [6, 6.07) is 5.57. The van der Waals surface area contributed by atoms with Crippen molar-refractivity contribution in [2.45, 2.75) is 12.5 Å². The van der Waals surface area contributed by atoms with Crippen molar-refractivity contribution in [1.29, 1.82) is 0 Å². The molecule has 1 heterocycles. The van der Waals surface area contributed by atoms with Crippen molar-refractivity contribution in [3.05, 3.63) is 23.8 Å². The summed E-state index contributed by atoms with van der Waals surface area (Å²) in [6.45, 7) is 4.02. The average molecular weight is 311 g/mol. The van der Waals surface area contributed by atoms with Gasteiger partial charge in [-0.25, -0.2) is 0 Å². The van der Waals surface area contributed by atoms with Gasteiger partial charge in [-0.2, -0.15) is 0 Å². The van der Waals surface area contributed by atoms with Gasteiger partial charge in [-0.1, -0.05) is 6.07 Å². The molecule has 0 saturated heterocycles. The Labute approximate surface area is 131 Å². The molecule has 0 saturated carbocycles. The minimum atomic E-state index is -0.526. The number of hydrogen-bond donors (Lipinski definition) is 1. The van der Waals surface area contributed by atoms with Crippen LogP contribution < -0.4 is 9.47 Å². The molecular formula is C16H25NO5. The molecule has 1 atom stereocenters. The molecule has 1 aliphatic rings. The van der Waals surface area contributed by atoms with Gasteiger partial charge in [-0.15, -0.1) is 0 Å². The number of aliphatic hydroxyl groups is 1. The van der Waals surface area contributed by atoms with Gasteiger partial charge in [0.1, 0.15) is 0 Å². The maximum absolute atomic E-state index is 10.4. The molecule has 22 heavy (non-hydrogen) atoms. The van der Waals surface area contributed by atoms with Gasteiger partial charge in [0.25, 0.3) is 0 Å². The molecule has 0 fully saturated rings. The van der Waals surface area contributed by atoms with Crippen LogP contribution in [0.3, 0.4) is 0 Å². The van der Waals surface area contributed by atoms with Gasteiger partial charge in [-0.05, 0) is 24.1 Å². The monoisotopic (exact) mass is 311 g/mol. The molecule has 1 unspecified atom stereocenters. The maximum Gasteiger partial charge on any atom is 0.231 e. The fourth-order valence-electron chi connectivity index (χ4n) is 2.37. The first kappa shape index (κ1) is 17.0. The van der Waals surface area contributed by atoms with Crippen LogP contribution in [0.4, 0.5) is 0 Å². The van der Waals surface area contributed by atoms with E-state index < -0.39 is 6.10 Å². The smallest absolute Gasteiger partial charge is 0.231 e. The Kier molecular flexibility index (Phi) is 6.92. The topological polar surface area (TPSA) is 60.4 Å². The van der Waals surface area contributed by atoms with E-state index in [1.165, 1.54) is 0 Å². The van der Waals surface area contributed by atoms with Crippen molar-refractivity contribution in [3.8, 4) is 11.5 Å². The fraction of sp³-hybridized carbons (Fsp3) is 0.625. The van der Waals surface area contributed by atoms with Crippen LogP contribution in [0.15, 0.2) is 18.2 Å². The SMILES string of the molecule is COCCN(CCOC)CCC(O)c1ccc2c(c1)OCO2.